The van der Waals surface area contributed by atoms with Crippen molar-refractivity contribution < 1.29 is 44.3 Å². The number of carbonyl (C=O) groups excluding carboxylic acids is 1. The van der Waals surface area contributed by atoms with Crippen LogP contribution in [-0.4, -0.2) is 23.3 Å². The highest BCUT2D eigenvalue weighted by Crippen LogP contribution is 2.51. The van der Waals surface area contributed by atoms with Gasteiger partial charge in [-0.2, -0.15) is 39.5 Å². The molecule has 14 heteroatoms. The van der Waals surface area contributed by atoms with Crippen LogP contribution in [0.15, 0.2) is 35.3 Å². The summed E-state index contributed by atoms with van der Waals surface area (Å²) in [6.07, 6.45) is -16.6. The molecule has 1 aliphatic heterocycles. The van der Waals surface area contributed by atoms with Crippen molar-refractivity contribution in [2.75, 3.05) is 0 Å². The molecule has 0 radical (unpaired) electrons. The number of hydrogen-bond donors (Lipinski definition) is 1. The van der Waals surface area contributed by atoms with Crippen LogP contribution in [0.4, 0.5) is 39.5 Å². The molecule has 1 aliphatic rings. The van der Waals surface area contributed by atoms with Gasteiger partial charge in [-0.1, -0.05) is 30.7 Å². The molecule has 1 amide bonds. The zero-order valence-electron chi connectivity index (χ0n) is 18.2. The molecule has 2 unspecified atom stereocenters. The Hall–Kier alpha value is -2.83. The normalized spacial score (nSPS) is 20.6. The van der Waals surface area contributed by atoms with Gasteiger partial charge in [0.1, 0.15) is 16.8 Å². The van der Waals surface area contributed by atoms with E-state index in [1.165, 1.54) is 18.2 Å². The van der Waals surface area contributed by atoms with Crippen molar-refractivity contribution in [2.24, 2.45) is 4.99 Å². The number of amides is 1. The standard InChI is InChI=1S/C22H17ClF9N3O/c1-2-18(36)33-9-12-4-3-11(5-14(12)23)15-8-19(10-34-15,22(30,31)32)13-6-16(20(24,25)26)35-17(7-13)21(27,28)29/h3-7,10,15H,2,8-9H2,1H3,(H,33,36). The molecule has 2 heterocycles. The van der Waals surface area contributed by atoms with Crippen molar-refractivity contribution >= 4 is 23.7 Å². The molecule has 0 saturated heterocycles. The summed E-state index contributed by atoms with van der Waals surface area (Å²) in [6, 6.07) is 2.76. The largest absolute Gasteiger partial charge is 0.433 e. The Labute approximate surface area is 203 Å². The Morgan fingerprint density at radius 3 is 2.08 bits per heavy atom. The van der Waals surface area contributed by atoms with Crippen LogP contribution in [0.2, 0.25) is 5.02 Å². The number of aromatic nitrogens is 1. The van der Waals surface area contributed by atoms with Crippen molar-refractivity contribution in [1.82, 2.24) is 10.3 Å². The zero-order chi connectivity index (χ0) is 27.1. The van der Waals surface area contributed by atoms with Gasteiger partial charge in [0.2, 0.25) is 5.91 Å². The van der Waals surface area contributed by atoms with Gasteiger partial charge < -0.3 is 5.32 Å². The number of halogens is 10. The summed E-state index contributed by atoms with van der Waals surface area (Å²) in [5, 5.41) is 2.67. The first kappa shape index (κ1) is 27.8. The molecule has 1 aromatic heterocycles. The van der Waals surface area contributed by atoms with Crippen LogP contribution in [0.5, 0.6) is 0 Å². The molecule has 196 valence electrons. The third-order valence-electron chi connectivity index (χ3n) is 5.68. The van der Waals surface area contributed by atoms with Crippen molar-refractivity contribution in [3.8, 4) is 0 Å². The number of aliphatic imine (C=N–C) groups is 1. The molecular formula is C22H17ClF9N3O. The van der Waals surface area contributed by atoms with Gasteiger partial charge in [-0.3, -0.25) is 9.79 Å². The van der Waals surface area contributed by atoms with Crippen molar-refractivity contribution in [1.29, 1.82) is 0 Å². The average Bonchev–Trinajstić information content (AvgIpc) is 3.23. The zero-order valence-corrected chi connectivity index (χ0v) is 19.0. The van der Waals surface area contributed by atoms with Crippen molar-refractivity contribution in [2.45, 2.75) is 56.3 Å². The molecule has 0 spiro atoms. The Morgan fingerprint density at radius 1 is 1.03 bits per heavy atom. The van der Waals surface area contributed by atoms with E-state index in [4.69, 9.17) is 11.6 Å². The second-order valence-electron chi connectivity index (χ2n) is 8.07. The predicted octanol–water partition coefficient (Wildman–Crippen LogP) is 6.81. The van der Waals surface area contributed by atoms with E-state index in [1.54, 1.807) is 6.92 Å². The third kappa shape index (κ3) is 5.60. The number of rotatable bonds is 5. The third-order valence-corrected chi connectivity index (χ3v) is 6.03. The van der Waals surface area contributed by atoms with E-state index in [9.17, 15) is 44.3 Å². The van der Waals surface area contributed by atoms with Gasteiger partial charge in [0.05, 0.1) is 6.04 Å². The number of pyridine rings is 1. The number of benzene rings is 1. The Kier molecular flexibility index (Phi) is 7.37. The van der Waals surface area contributed by atoms with Crippen LogP contribution in [0.25, 0.3) is 0 Å². The molecule has 4 nitrogen and oxygen atoms in total. The minimum atomic E-state index is -5.42. The minimum Gasteiger partial charge on any atom is -0.352 e. The maximum atomic E-state index is 14.3. The fraction of sp³-hybridized carbons (Fsp3) is 0.409. The molecule has 0 bridgehead atoms. The van der Waals surface area contributed by atoms with Gasteiger partial charge in [0.25, 0.3) is 0 Å². The van der Waals surface area contributed by atoms with E-state index in [0.717, 1.165) is 0 Å². The molecule has 0 aliphatic carbocycles. The first-order chi connectivity index (χ1) is 16.5. The quantitative estimate of drug-likeness (QED) is 0.420. The molecule has 2 aromatic rings. The van der Waals surface area contributed by atoms with E-state index in [0.29, 0.717) is 11.8 Å². The SMILES string of the molecule is CCC(=O)NCc1ccc(C2CC(c3cc(C(F)(F)F)nc(C(F)(F)F)c3)(C(F)(F)F)C=N2)cc1Cl. The summed E-state index contributed by atoms with van der Waals surface area (Å²) in [4.78, 5) is 17.7. The van der Waals surface area contributed by atoms with Crippen LogP contribution < -0.4 is 5.32 Å². The first-order valence-electron chi connectivity index (χ1n) is 10.3. The molecule has 36 heavy (non-hydrogen) atoms. The van der Waals surface area contributed by atoms with Gasteiger partial charge in [0, 0.05) is 24.2 Å². The summed E-state index contributed by atoms with van der Waals surface area (Å²) in [5.74, 6) is -0.265. The van der Waals surface area contributed by atoms with E-state index in [1.807, 2.05) is 0 Å². The van der Waals surface area contributed by atoms with Crippen LogP contribution in [-0.2, 0) is 29.1 Å². The van der Waals surface area contributed by atoms with E-state index in [-0.39, 0.29) is 41.6 Å². The molecular weight excluding hydrogens is 529 g/mol. The summed E-state index contributed by atoms with van der Waals surface area (Å²) in [7, 11) is 0. The lowest BCUT2D eigenvalue weighted by molar-refractivity contribution is -0.170. The highest BCUT2D eigenvalue weighted by Gasteiger charge is 2.59. The first-order valence-corrected chi connectivity index (χ1v) is 10.7. The maximum Gasteiger partial charge on any atom is 0.433 e. The van der Waals surface area contributed by atoms with Gasteiger partial charge in [-0.05, 0) is 41.3 Å². The van der Waals surface area contributed by atoms with Gasteiger partial charge in [-0.15, -0.1) is 0 Å². The van der Waals surface area contributed by atoms with Gasteiger partial charge in [-0.25, -0.2) is 4.98 Å². The summed E-state index contributed by atoms with van der Waals surface area (Å²) >= 11 is 6.17. The summed E-state index contributed by atoms with van der Waals surface area (Å²) in [5.41, 5.74) is -8.11. The monoisotopic (exact) mass is 545 g/mol. The highest BCUT2D eigenvalue weighted by molar-refractivity contribution is 6.31. The summed E-state index contributed by atoms with van der Waals surface area (Å²) < 4.78 is 122. The molecule has 1 aromatic carbocycles. The number of nitrogens with zero attached hydrogens (tertiary/aromatic N) is 2. The molecule has 3 rings (SSSR count). The molecule has 0 saturated carbocycles. The smallest absolute Gasteiger partial charge is 0.352 e. The number of nitrogens with one attached hydrogen (secondary N) is 1. The molecule has 2 atom stereocenters. The molecule has 1 N–H and O–H groups in total. The van der Waals surface area contributed by atoms with Crippen LogP contribution >= 0.6 is 11.6 Å². The lowest BCUT2D eigenvalue weighted by atomic mass is 9.76. The maximum absolute atomic E-state index is 14.3. The minimum absolute atomic E-state index is 0.0381. The fourth-order valence-electron chi connectivity index (χ4n) is 3.69. The second-order valence-corrected chi connectivity index (χ2v) is 8.48. The number of alkyl halides is 9. The average molecular weight is 546 g/mol. The van der Waals surface area contributed by atoms with Gasteiger partial charge >= 0.3 is 18.5 Å². The fourth-order valence-corrected chi connectivity index (χ4v) is 3.94. The van der Waals surface area contributed by atoms with Crippen LogP contribution in [0.3, 0.4) is 0 Å². The number of hydrogen-bond acceptors (Lipinski definition) is 3. The van der Waals surface area contributed by atoms with E-state index in [2.05, 4.69) is 15.3 Å². The van der Waals surface area contributed by atoms with E-state index < -0.39 is 53.4 Å². The highest BCUT2D eigenvalue weighted by atomic mass is 35.5. The van der Waals surface area contributed by atoms with Crippen LogP contribution in [0, 0.1) is 0 Å². The van der Waals surface area contributed by atoms with Crippen LogP contribution in [0.1, 0.15) is 53.9 Å². The molecule has 0 fully saturated rings. The predicted molar refractivity (Wildman–Crippen MR) is 111 cm³/mol. The van der Waals surface area contributed by atoms with Crippen molar-refractivity contribution in [3.05, 3.63) is 63.4 Å². The van der Waals surface area contributed by atoms with E-state index >= 15 is 0 Å². The second kappa shape index (κ2) is 9.56. The lowest BCUT2D eigenvalue weighted by Crippen LogP contribution is -2.43. The lowest BCUT2D eigenvalue weighted by Gasteiger charge is -2.31. The summed E-state index contributed by atoms with van der Waals surface area (Å²) in [6.45, 7) is 1.67. The van der Waals surface area contributed by atoms with Gasteiger partial charge in [0.15, 0.2) is 0 Å². The Bertz CT molecular complexity index is 1140. The Balaban J connectivity index is 2.02. The van der Waals surface area contributed by atoms with Crippen molar-refractivity contribution in [3.63, 3.8) is 0 Å². The Morgan fingerprint density at radius 2 is 1.61 bits per heavy atom. The number of carbonyl (C=O) groups is 1. The topological polar surface area (TPSA) is 54.4 Å².